The van der Waals surface area contributed by atoms with E-state index in [0.717, 1.165) is 5.69 Å². The van der Waals surface area contributed by atoms with Gasteiger partial charge in [0.2, 0.25) is 0 Å². The lowest BCUT2D eigenvalue weighted by atomic mass is 10.1. The average Bonchev–Trinajstić information content (AvgIpc) is 3.15. The number of hydrogen-bond donors (Lipinski definition) is 4. The number of alkyl halides is 1. The van der Waals surface area contributed by atoms with E-state index in [1.165, 1.54) is 0 Å². The quantitative estimate of drug-likeness (QED) is 0.395. The number of benzene rings is 1. The minimum Gasteiger partial charge on any atom is -0.380 e. The first-order valence-corrected chi connectivity index (χ1v) is 8.17. The van der Waals surface area contributed by atoms with Gasteiger partial charge in [-0.15, -0.1) is 11.6 Å². The Hall–Kier alpha value is -2.42. The molecule has 2 atom stereocenters. The molecule has 0 saturated carbocycles. The number of hydrogen-bond acceptors (Lipinski definition) is 5. The zero-order chi connectivity index (χ0) is 18.2. The van der Waals surface area contributed by atoms with Crippen LogP contribution in [-0.2, 0) is 9.59 Å². The van der Waals surface area contributed by atoms with E-state index in [-0.39, 0.29) is 6.54 Å². The van der Waals surface area contributed by atoms with E-state index in [1.54, 1.807) is 47.4 Å². The minimum absolute atomic E-state index is 0.253. The summed E-state index contributed by atoms with van der Waals surface area (Å²) in [7, 11) is 0. The number of halogens is 1. The number of anilines is 1. The molecule has 2 rings (SSSR count). The molecule has 0 radical (unpaired) electrons. The zero-order valence-electron chi connectivity index (χ0n) is 13.3. The second-order valence-corrected chi connectivity index (χ2v) is 5.59. The summed E-state index contributed by atoms with van der Waals surface area (Å²) in [5.74, 6) is -1.36. The van der Waals surface area contributed by atoms with Gasteiger partial charge in [0.15, 0.2) is 12.2 Å². The first-order valence-electron chi connectivity index (χ1n) is 7.63. The van der Waals surface area contributed by atoms with Crippen molar-refractivity contribution >= 4 is 29.1 Å². The SMILES string of the molecule is O=C(NCCCCl)[C@H](O)[C@@H](O)C(=O)Nc1ccc(-n2cccn2)cc1. The van der Waals surface area contributed by atoms with Gasteiger partial charge in [0, 0.05) is 30.5 Å². The maximum absolute atomic E-state index is 12.0. The third kappa shape index (κ3) is 5.28. The molecular weight excluding hydrogens is 348 g/mol. The van der Waals surface area contributed by atoms with Crippen LogP contribution >= 0.6 is 11.6 Å². The lowest BCUT2D eigenvalue weighted by molar-refractivity contribution is -0.143. The minimum atomic E-state index is -1.89. The van der Waals surface area contributed by atoms with Crippen LogP contribution in [0.2, 0.25) is 0 Å². The van der Waals surface area contributed by atoms with Gasteiger partial charge in [0.1, 0.15) is 0 Å². The highest BCUT2D eigenvalue weighted by Crippen LogP contribution is 2.13. The number of aromatic nitrogens is 2. The Morgan fingerprint density at radius 2 is 1.84 bits per heavy atom. The Morgan fingerprint density at radius 1 is 1.16 bits per heavy atom. The molecule has 0 bridgehead atoms. The highest BCUT2D eigenvalue weighted by Gasteiger charge is 2.30. The normalized spacial score (nSPS) is 13.1. The molecule has 2 amide bonds. The van der Waals surface area contributed by atoms with Gasteiger partial charge in [-0.25, -0.2) is 4.68 Å². The monoisotopic (exact) mass is 366 g/mol. The summed E-state index contributed by atoms with van der Waals surface area (Å²) in [6.45, 7) is 0.253. The lowest BCUT2D eigenvalue weighted by Crippen LogP contribution is -2.47. The molecule has 0 aliphatic carbocycles. The van der Waals surface area contributed by atoms with Crippen LogP contribution in [-0.4, -0.2) is 56.4 Å². The summed E-state index contributed by atoms with van der Waals surface area (Å²) >= 11 is 5.48. The Balaban J connectivity index is 1.90. The van der Waals surface area contributed by atoms with E-state index >= 15 is 0 Å². The summed E-state index contributed by atoms with van der Waals surface area (Å²) in [5.41, 5.74) is 1.21. The van der Waals surface area contributed by atoms with Gasteiger partial charge in [-0.1, -0.05) is 0 Å². The number of nitrogens with one attached hydrogen (secondary N) is 2. The van der Waals surface area contributed by atoms with Gasteiger partial charge in [-0.05, 0) is 36.8 Å². The summed E-state index contributed by atoms with van der Waals surface area (Å²) in [6, 6.07) is 8.48. The maximum atomic E-state index is 12.0. The summed E-state index contributed by atoms with van der Waals surface area (Å²) in [4.78, 5) is 23.6. The topological polar surface area (TPSA) is 116 Å². The summed E-state index contributed by atoms with van der Waals surface area (Å²) in [5, 5.41) is 28.5. The fraction of sp³-hybridized carbons (Fsp3) is 0.312. The molecule has 0 aliphatic rings. The molecule has 8 nitrogen and oxygen atoms in total. The Kier molecular flexibility index (Phi) is 6.93. The molecule has 0 saturated heterocycles. The molecule has 2 aromatic rings. The number of aliphatic hydroxyl groups is 2. The van der Waals surface area contributed by atoms with Gasteiger partial charge in [0.25, 0.3) is 11.8 Å². The van der Waals surface area contributed by atoms with Crippen molar-refractivity contribution in [3.63, 3.8) is 0 Å². The van der Waals surface area contributed by atoms with Crippen LogP contribution in [0.4, 0.5) is 5.69 Å². The fourth-order valence-corrected chi connectivity index (χ4v) is 2.14. The fourth-order valence-electron chi connectivity index (χ4n) is 2.00. The number of carbonyl (C=O) groups is 2. The summed E-state index contributed by atoms with van der Waals surface area (Å²) < 4.78 is 1.65. The van der Waals surface area contributed by atoms with E-state index in [2.05, 4.69) is 15.7 Å². The number of amides is 2. The van der Waals surface area contributed by atoms with E-state index in [0.29, 0.717) is 18.0 Å². The zero-order valence-corrected chi connectivity index (χ0v) is 14.1. The van der Waals surface area contributed by atoms with Gasteiger partial charge < -0.3 is 20.8 Å². The first kappa shape index (κ1) is 18.9. The largest absolute Gasteiger partial charge is 0.380 e. The highest BCUT2D eigenvalue weighted by atomic mass is 35.5. The van der Waals surface area contributed by atoms with Crippen molar-refractivity contribution in [3.05, 3.63) is 42.7 Å². The number of rotatable bonds is 8. The van der Waals surface area contributed by atoms with Gasteiger partial charge >= 0.3 is 0 Å². The third-order valence-electron chi connectivity index (χ3n) is 3.35. The summed E-state index contributed by atoms with van der Waals surface area (Å²) in [6.07, 6.45) is 0.188. The maximum Gasteiger partial charge on any atom is 0.256 e. The van der Waals surface area contributed by atoms with Crippen molar-refractivity contribution in [2.45, 2.75) is 18.6 Å². The number of nitrogens with zero attached hydrogens (tertiary/aromatic N) is 2. The molecule has 0 aliphatic heterocycles. The van der Waals surface area contributed by atoms with Crippen LogP contribution < -0.4 is 10.6 Å². The van der Waals surface area contributed by atoms with Crippen LogP contribution in [0.15, 0.2) is 42.7 Å². The second kappa shape index (κ2) is 9.16. The molecule has 9 heteroatoms. The van der Waals surface area contributed by atoms with Gasteiger partial charge in [0.05, 0.1) is 5.69 Å². The molecule has 4 N–H and O–H groups in total. The number of aliphatic hydroxyl groups excluding tert-OH is 2. The van der Waals surface area contributed by atoms with Gasteiger partial charge in [-0.2, -0.15) is 5.10 Å². The Bertz CT molecular complexity index is 691. The van der Waals surface area contributed by atoms with Crippen molar-refractivity contribution in [1.29, 1.82) is 0 Å². The van der Waals surface area contributed by atoms with E-state index in [4.69, 9.17) is 11.6 Å². The highest BCUT2D eigenvalue weighted by molar-refractivity contribution is 6.17. The van der Waals surface area contributed by atoms with Crippen LogP contribution in [0.1, 0.15) is 6.42 Å². The van der Waals surface area contributed by atoms with Crippen molar-refractivity contribution in [2.24, 2.45) is 0 Å². The number of carbonyl (C=O) groups excluding carboxylic acids is 2. The lowest BCUT2D eigenvalue weighted by Gasteiger charge is -2.17. The van der Waals surface area contributed by atoms with E-state index < -0.39 is 24.0 Å². The van der Waals surface area contributed by atoms with Crippen LogP contribution in [0.25, 0.3) is 5.69 Å². The molecule has 1 aromatic carbocycles. The molecule has 25 heavy (non-hydrogen) atoms. The van der Waals surface area contributed by atoms with Crippen LogP contribution in [0.5, 0.6) is 0 Å². The smallest absolute Gasteiger partial charge is 0.256 e. The van der Waals surface area contributed by atoms with E-state index in [9.17, 15) is 19.8 Å². The predicted octanol–water partition coefficient (Wildman–Crippen LogP) is 0.278. The molecule has 0 unspecified atom stereocenters. The van der Waals surface area contributed by atoms with Crippen molar-refractivity contribution < 1.29 is 19.8 Å². The van der Waals surface area contributed by atoms with Crippen molar-refractivity contribution in [1.82, 2.24) is 15.1 Å². The predicted molar refractivity (Wildman–Crippen MR) is 92.6 cm³/mol. The van der Waals surface area contributed by atoms with Crippen molar-refractivity contribution in [3.8, 4) is 5.69 Å². The molecular formula is C16H19ClN4O4. The second-order valence-electron chi connectivity index (χ2n) is 5.21. The standard InChI is InChI=1S/C16H19ClN4O4/c17-7-1-8-18-15(24)13(22)14(23)16(25)20-11-3-5-12(6-4-11)21-10-2-9-19-21/h2-6,9-10,13-14,22-23H,1,7-8H2,(H,18,24)(H,20,25)/t13-,14-/m1/s1. The van der Waals surface area contributed by atoms with Crippen molar-refractivity contribution in [2.75, 3.05) is 17.7 Å². The van der Waals surface area contributed by atoms with Crippen LogP contribution in [0, 0.1) is 0 Å². The Labute approximate surface area is 149 Å². The first-order chi connectivity index (χ1) is 12.0. The average molecular weight is 367 g/mol. The molecule has 134 valence electrons. The third-order valence-corrected chi connectivity index (χ3v) is 3.62. The van der Waals surface area contributed by atoms with E-state index in [1.807, 2.05) is 0 Å². The molecule has 1 heterocycles. The Morgan fingerprint density at radius 3 is 2.44 bits per heavy atom. The van der Waals surface area contributed by atoms with Gasteiger partial charge in [-0.3, -0.25) is 9.59 Å². The molecule has 0 spiro atoms. The van der Waals surface area contributed by atoms with Crippen LogP contribution in [0.3, 0.4) is 0 Å². The molecule has 1 aromatic heterocycles. The molecule has 0 fully saturated rings.